The Morgan fingerprint density at radius 2 is 1.94 bits per heavy atom. The molecule has 0 unspecified atom stereocenters. The molecule has 1 aromatic carbocycles. The van der Waals surface area contributed by atoms with Gasteiger partial charge in [-0.2, -0.15) is 0 Å². The zero-order chi connectivity index (χ0) is 12.0. The van der Waals surface area contributed by atoms with E-state index in [1.54, 1.807) is 0 Å². The molecule has 4 heteroatoms. The highest BCUT2D eigenvalue weighted by molar-refractivity contribution is 9.10. The van der Waals surface area contributed by atoms with Gasteiger partial charge >= 0.3 is 0 Å². The second kappa shape index (κ2) is 6.45. The summed E-state index contributed by atoms with van der Waals surface area (Å²) < 4.78 is 0.992. The monoisotopic (exact) mass is 282 g/mol. The van der Waals surface area contributed by atoms with Crippen LogP contribution in [0.15, 0.2) is 40.9 Å². The smallest absolute Gasteiger partial charge is 0.238 e. The third-order valence-corrected chi connectivity index (χ3v) is 2.37. The van der Waals surface area contributed by atoms with E-state index in [1.165, 1.54) is 0 Å². The summed E-state index contributed by atoms with van der Waals surface area (Å²) in [5.74, 6) is -0.0522. The maximum atomic E-state index is 11.5. The molecule has 86 valence electrons. The number of nitrogens with one attached hydrogen (secondary N) is 2. The van der Waals surface area contributed by atoms with Crippen molar-refractivity contribution in [2.24, 2.45) is 0 Å². The van der Waals surface area contributed by atoms with Crippen LogP contribution in [0.2, 0.25) is 0 Å². The highest BCUT2D eigenvalue weighted by atomic mass is 79.9. The third-order valence-electron chi connectivity index (χ3n) is 1.84. The fourth-order valence-electron chi connectivity index (χ4n) is 1.13. The van der Waals surface area contributed by atoms with Gasteiger partial charge in [-0.1, -0.05) is 28.1 Å². The molecule has 0 saturated carbocycles. The Kier molecular flexibility index (Phi) is 5.22. The van der Waals surface area contributed by atoms with E-state index in [4.69, 9.17) is 0 Å². The lowest BCUT2D eigenvalue weighted by molar-refractivity contribution is -0.115. The summed E-state index contributed by atoms with van der Waals surface area (Å²) in [6.45, 7) is 6.62. The highest BCUT2D eigenvalue weighted by Gasteiger charge is 2.01. The molecule has 0 fully saturated rings. The summed E-state index contributed by atoms with van der Waals surface area (Å²) in [5.41, 5.74) is 1.81. The average Bonchev–Trinajstić information content (AvgIpc) is 2.21. The predicted octanol–water partition coefficient (Wildman–Crippen LogP) is 2.55. The number of benzene rings is 1. The minimum absolute atomic E-state index is 0.0522. The molecule has 0 aliphatic rings. The number of hydrogen-bond acceptors (Lipinski definition) is 2. The van der Waals surface area contributed by atoms with Crippen molar-refractivity contribution in [2.45, 2.75) is 6.92 Å². The van der Waals surface area contributed by atoms with Gasteiger partial charge in [-0.05, 0) is 31.2 Å². The van der Waals surface area contributed by atoms with Crippen molar-refractivity contribution in [2.75, 3.05) is 18.4 Å². The molecule has 0 aromatic heterocycles. The number of hydrogen-bond donors (Lipinski definition) is 2. The molecule has 1 amide bonds. The second-order valence-corrected chi connectivity index (χ2v) is 4.53. The van der Waals surface area contributed by atoms with E-state index >= 15 is 0 Å². The first-order valence-electron chi connectivity index (χ1n) is 4.98. The number of rotatable bonds is 5. The Hall–Kier alpha value is -1.13. The van der Waals surface area contributed by atoms with Gasteiger partial charge in [0.15, 0.2) is 0 Å². The van der Waals surface area contributed by atoms with E-state index in [0.717, 1.165) is 15.7 Å². The van der Waals surface area contributed by atoms with Crippen LogP contribution in [0.1, 0.15) is 6.92 Å². The standard InChI is InChI=1S/C12H15BrN2O/c1-9(2)7-14-8-12(16)15-11-5-3-10(13)4-6-11/h3-6,14H,1,7-8H2,2H3,(H,15,16). The van der Waals surface area contributed by atoms with Crippen LogP contribution in [0.3, 0.4) is 0 Å². The van der Waals surface area contributed by atoms with Crippen molar-refractivity contribution in [3.8, 4) is 0 Å². The van der Waals surface area contributed by atoms with Gasteiger partial charge in [-0.3, -0.25) is 4.79 Å². The molecule has 16 heavy (non-hydrogen) atoms. The van der Waals surface area contributed by atoms with Gasteiger partial charge in [-0.25, -0.2) is 0 Å². The number of carbonyl (C=O) groups excluding carboxylic acids is 1. The quantitative estimate of drug-likeness (QED) is 0.815. The highest BCUT2D eigenvalue weighted by Crippen LogP contribution is 2.13. The second-order valence-electron chi connectivity index (χ2n) is 3.62. The molecule has 0 aliphatic heterocycles. The number of anilines is 1. The van der Waals surface area contributed by atoms with Crippen LogP contribution in [-0.4, -0.2) is 19.0 Å². The summed E-state index contributed by atoms with van der Waals surface area (Å²) in [6, 6.07) is 7.47. The van der Waals surface area contributed by atoms with E-state index in [-0.39, 0.29) is 5.91 Å². The van der Waals surface area contributed by atoms with Crippen LogP contribution in [0.5, 0.6) is 0 Å². The third kappa shape index (κ3) is 5.09. The van der Waals surface area contributed by atoms with Gasteiger partial charge in [0, 0.05) is 16.7 Å². The fraction of sp³-hybridized carbons (Fsp3) is 0.250. The summed E-state index contributed by atoms with van der Waals surface area (Å²) in [4.78, 5) is 11.5. The molecule has 1 aromatic rings. The fourth-order valence-corrected chi connectivity index (χ4v) is 1.39. The summed E-state index contributed by atoms with van der Waals surface area (Å²) in [6.07, 6.45) is 0. The van der Waals surface area contributed by atoms with Gasteiger partial charge in [0.05, 0.1) is 6.54 Å². The van der Waals surface area contributed by atoms with Gasteiger partial charge in [0.25, 0.3) is 0 Å². The molecule has 0 radical (unpaired) electrons. The Morgan fingerprint density at radius 3 is 2.50 bits per heavy atom. The molecule has 0 saturated heterocycles. The first-order chi connectivity index (χ1) is 7.58. The molecule has 0 bridgehead atoms. The van der Waals surface area contributed by atoms with Crippen molar-refractivity contribution >= 4 is 27.5 Å². The number of amides is 1. The Morgan fingerprint density at radius 1 is 1.31 bits per heavy atom. The largest absolute Gasteiger partial charge is 0.325 e. The van der Waals surface area contributed by atoms with Crippen molar-refractivity contribution < 1.29 is 4.79 Å². The molecule has 0 aliphatic carbocycles. The van der Waals surface area contributed by atoms with Crippen LogP contribution in [0.4, 0.5) is 5.69 Å². The first kappa shape index (κ1) is 12.9. The van der Waals surface area contributed by atoms with Gasteiger partial charge in [0.2, 0.25) is 5.91 Å². The van der Waals surface area contributed by atoms with Crippen LogP contribution in [0, 0.1) is 0 Å². The van der Waals surface area contributed by atoms with Gasteiger partial charge < -0.3 is 10.6 Å². The van der Waals surface area contributed by atoms with E-state index in [9.17, 15) is 4.79 Å². The maximum absolute atomic E-state index is 11.5. The molecule has 3 nitrogen and oxygen atoms in total. The molecule has 2 N–H and O–H groups in total. The van der Waals surface area contributed by atoms with Crippen LogP contribution in [0.25, 0.3) is 0 Å². The minimum Gasteiger partial charge on any atom is -0.325 e. The molecule has 0 heterocycles. The topological polar surface area (TPSA) is 41.1 Å². The molecular formula is C12H15BrN2O. The number of halogens is 1. The zero-order valence-corrected chi connectivity index (χ0v) is 10.8. The Labute approximate surface area is 104 Å². The van der Waals surface area contributed by atoms with Gasteiger partial charge in [0.1, 0.15) is 0 Å². The van der Waals surface area contributed by atoms with Crippen molar-refractivity contribution in [3.63, 3.8) is 0 Å². The summed E-state index contributed by atoms with van der Waals surface area (Å²) in [7, 11) is 0. The zero-order valence-electron chi connectivity index (χ0n) is 9.22. The van der Waals surface area contributed by atoms with Gasteiger partial charge in [-0.15, -0.1) is 0 Å². The first-order valence-corrected chi connectivity index (χ1v) is 5.78. The predicted molar refractivity (Wildman–Crippen MR) is 70.5 cm³/mol. The Bertz CT molecular complexity index is 373. The minimum atomic E-state index is -0.0522. The summed E-state index contributed by atoms with van der Waals surface area (Å²) in [5, 5.41) is 5.79. The maximum Gasteiger partial charge on any atom is 0.238 e. The van der Waals surface area contributed by atoms with Crippen molar-refractivity contribution in [1.29, 1.82) is 0 Å². The van der Waals surface area contributed by atoms with Crippen molar-refractivity contribution in [1.82, 2.24) is 5.32 Å². The van der Waals surface area contributed by atoms with Crippen LogP contribution < -0.4 is 10.6 Å². The van der Waals surface area contributed by atoms with E-state index in [1.807, 2.05) is 31.2 Å². The average molecular weight is 283 g/mol. The van der Waals surface area contributed by atoms with Crippen LogP contribution in [-0.2, 0) is 4.79 Å². The molecular weight excluding hydrogens is 268 g/mol. The molecule has 1 rings (SSSR count). The van der Waals surface area contributed by atoms with Crippen molar-refractivity contribution in [3.05, 3.63) is 40.9 Å². The van der Waals surface area contributed by atoms with E-state index < -0.39 is 0 Å². The Balaban J connectivity index is 2.34. The van der Waals surface area contributed by atoms with E-state index in [2.05, 4.69) is 33.1 Å². The van der Waals surface area contributed by atoms with E-state index in [0.29, 0.717) is 13.1 Å². The molecule has 0 atom stereocenters. The molecule has 0 spiro atoms. The SMILES string of the molecule is C=C(C)CNCC(=O)Nc1ccc(Br)cc1. The normalized spacial score (nSPS) is 9.88. The van der Waals surface area contributed by atoms with Crippen LogP contribution >= 0.6 is 15.9 Å². The summed E-state index contributed by atoms with van der Waals surface area (Å²) >= 11 is 3.33. The lowest BCUT2D eigenvalue weighted by Gasteiger charge is -2.06. The number of carbonyl (C=O) groups is 1. The lowest BCUT2D eigenvalue weighted by Crippen LogP contribution is -2.28. The lowest BCUT2D eigenvalue weighted by atomic mass is 10.3.